The molecule has 2 aromatic heterocycles. The second-order valence-electron chi connectivity index (χ2n) is 24.7. The highest BCUT2D eigenvalue weighted by molar-refractivity contribution is 7.00. The number of hydrogen-bond acceptors (Lipinski definition) is 2. The van der Waals surface area contributed by atoms with Gasteiger partial charge < -0.3 is 18.9 Å². The predicted octanol–water partition coefficient (Wildman–Crippen LogP) is 21.2. The van der Waals surface area contributed by atoms with Crippen LogP contribution in [0.15, 0.2) is 291 Å². The van der Waals surface area contributed by atoms with Crippen molar-refractivity contribution in [3.63, 3.8) is 0 Å². The molecule has 0 saturated carbocycles. The Labute approximate surface area is 528 Å². The van der Waals surface area contributed by atoms with E-state index in [1.54, 1.807) is 0 Å². The number of fused-ring (bicyclic) bond motifs is 10. The SMILES string of the molecule is CC(C)(C)c1cc2c3c(c1)N(c1c(-c4ccccc4)cc(Cl)cc1-c1ccccc1)c1cc(-n4c5ccccc5c5ccccc54)ccc1B3c1ccc(-n3c4ccccc4c4ccccc43)cc1N2c1c(-c2ccccc2)cc(Cl)cc1-c1ccccc1. The van der Waals surface area contributed by atoms with Gasteiger partial charge in [-0.2, -0.15) is 0 Å². The van der Waals surface area contributed by atoms with Crippen molar-refractivity contribution < 1.29 is 0 Å². The fourth-order valence-corrected chi connectivity index (χ4v) is 15.0. The number of hydrogen-bond donors (Lipinski definition) is 0. The minimum absolute atomic E-state index is 0.244. The molecule has 89 heavy (non-hydrogen) atoms. The molecule has 0 saturated heterocycles. The molecule has 15 aromatic rings. The van der Waals surface area contributed by atoms with Crippen LogP contribution in [0.25, 0.3) is 99.5 Å². The molecule has 0 unspecified atom stereocenters. The van der Waals surface area contributed by atoms with Crippen LogP contribution in [-0.4, -0.2) is 15.8 Å². The maximum absolute atomic E-state index is 7.49. The molecule has 0 aliphatic carbocycles. The molecule has 4 nitrogen and oxygen atoms in total. The maximum atomic E-state index is 7.49. The van der Waals surface area contributed by atoms with Crippen molar-refractivity contribution in [2.45, 2.75) is 26.2 Å². The lowest BCUT2D eigenvalue weighted by molar-refractivity contribution is 0.590. The van der Waals surface area contributed by atoms with Gasteiger partial charge in [-0.3, -0.25) is 0 Å². The molecule has 0 fully saturated rings. The van der Waals surface area contributed by atoms with Gasteiger partial charge in [0.05, 0.1) is 33.4 Å². The zero-order valence-electron chi connectivity index (χ0n) is 49.3. The van der Waals surface area contributed by atoms with Crippen LogP contribution in [0.4, 0.5) is 34.1 Å². The van der Waals surface area contributed by atoms with E-state index in [-0.39, 0.29) is 12.1 Å². The molecule has 4 heterocycles. The number of aromatic nitrogens is 2. The highest BCUT2D eigenvalue weighted by Crippen LogP contribution is 2.55. The molecule has 13 aromatic carbocycles. The molecular weight excluding hydrogens is 1120 g/mol. The van der Waals surface area contributed by atoms with E-state index in [1.165, 1.54) is 43.5 Å². The molecule has 2 aliphatic heterocycles. The Morgan fingerprint density at radius 3 is 0.899 bits per heavy atom. The van der Waals surface area contributed by atoms with E-state index in [1.807, 2.05) is 0 Å². The topological polar surface area (TPSA) is 16.3 Å². The van der Waals surface area contributed by atoms with E-state index in [4.69, 9.17) is 23.2 Å². The van der Waals surface area contributed by atoms with E-state index < -0.39 is 0 Å². The zero-order chi connectivity index (χ0) is 59.6. The summed E-state index contributed by atoms with van der Waals surface area (Å²) in [6, 6.07) is 107. The average molecular weight is 1180 g/mol. The lowest BCUT2D eigenvalue weighted by Gasteiger charge is -2.46. The molecule has 0 atom stereocenters. The van der Waals surface area contributed by atoms with E-state index >= 15 is 0 Å². The number of para-hydroxylation sites is 4. The Balaban J connectivity index is 1.06. The van der Waals surface area contributed by atoms with Gasteiger partial charge in [-0.25, -0.2) is 0 Å². The Morgan fingerprint density at radius 1 is 0.303 bits per heavy atom. The van der Waals surface area contributed by atoms with E-state index in [2.05, 4.69) is 331 Å². The minimum Gasteiger partial charge on any atom is -0.310 e. The normalized spacial score (nSPS) is 12.7. The third-order valence-corrected chi connectivity index (χ3v) is 19.0. The zero-order valence-corrected chi connectivity index (χ0v) is 50.8. The first-order valence-corrected chi connectivity index (χ1v) is 31.3. The fraction of sp³-hybridized carbons (Fsp3) is 0.0488. The Kier molecular flexibility index (Phi) is 12.3. The summed E-state index contributed by atoms with van der Waals surface area (Å²) in [6.07, 6.45) is 0. The summed E-state index contributed by atoms with van der Waals surface area (Å²) in [5.74, 6) is 0. The fourth-order valence-electron chi connectivity index (χ4n) is 14.6. The smallest absolute Gasteiger partial charge is 0.252 e. The van der Waals surface area contributed by atoms with Gasteiger partial charge >= 0.3 is 0 Å². The van der Waals surface area contributed by atoms with Crippen LogP contribution in [0.5, 0.6) is 0 Å². The van der Waals surface area contributed by atoms with Crippen molar-refractivity contribution in [1.29, 1.82) is 0 Å². The van der Waals surface area contributed by atoms with E-state index in [0.717, 1.165) is 112 Å². The van der Waals surface area contributed by atoms with Gasteiger partial charge in [0, 0.05) is 88.0 Å². The van der Waals surface area contributed by atoms with Gasteiger partial charge in [-0.05, 0) is 135 Å². The van der Waals surface area contributed by atoms with Gasteiger partial charge in [0.2, 0.25) is 0 Å². The van der Waals surface area contributed by atoms with Crippen LogP contribution in [0, 0.1) is 0 Å². The quantitative estimate of drug-likeness (QED) is 0.141. The molecule has 0 amide bonds. The second-order valence-corrected chi connectivity index (χ2v) is 25.5. The molecule has 422 valence electrons. The summed E-state index contributed by atoms with van der Waals surface area (Å²) in [5.41, 5.74) is 26.0. The van der Waals surface area contributed by atoms with E-state index in [9.17, 15) is 0 Å². The number of halogens is 2. The number of anilines is 6. The van der Waals surface area contributed by atoms with Crippen molar-refractivity contribution in [2.24, 2.45) is 0 Å². The lowest BCUT2D eigenvalue weighted by Crippen LogP contribution is -2.61. The molecule has 0 spiro atoms. The van der Waals surface area contributed by atoms with Crippen molar-refractivity contribution in [1.82, 2.24) is 9.13 Å². The molecule has 2 aliphatic rings. The van der Waals surface area contributed by atoms with Crippen molar-refractivity contribution in [3.05, 3.63) is 307 Å². The molecule has 0 radical (unpaired) electrons. The minimum atomic E-state index is -0.330. The first kappa shape index (κ1) is 53.0. The number of rotatable bonds is 8. The molecule has 7 heteroatoms. The second kappa shape index (κ2) is 20.7. The van der Waals surface area contributed by atoms with Gasteiger partial charge in [-0.1, -0.05) is 250 Å². The van der Waals surface area contributed by atoms with Gasteiger partial charge in [0.1, 0.15) is 0 Å². The van der Waals surface area contributed by atoms with Crippen molar-refractivity contribution in [2.75, 3.05) is 9.80 Å². The molecule has 0 bridgehead atoms. The standard InChI is InChI=1S/C82H57BCl2N4/c1-82(2,3)56-44-77-79-78(45-56)89(81-67(54-28-12-6-13-29-54)48-58(85)49-68(81)55-30-14-7-15-31-55)76-51-60(87-73-38-22-18-34-63(73)64-35-19-23-39-74(64)87)41-43-70(76)83(79)69-42-40-59(86-71-36-20-16-32-61(71)62-33-17-21-37-72(62)86)50-75(69)88(77)80-65(52-24-8-4-9-25-52)46-57(84)47-66(80)53-26-10-5-11-27-53/h4-51H,1-3H3. The van der Waals surface area contributed by atoms with Crippen LogP contribution < -0.4 is 26.2 Å². The summed E-state index contributed by atoms with van der Waals surface area (Å²) in [7, 11) is 0. The first-order valence-electron chi connectivity index (χ1n) is 30.6. The predicted molar refractivity (Wildman–Crippen MR) is 380 cm³/mol. The first-order chi connectivity index (χ1) is 43.6. The lowest BCUT2D eigenvalue weighted by atomic mass is 9.33. The molecular formula is C82H57BCl2N4. The Bertz CT molecular complexity index is 4790. The van der Waals surface area contributed by atoms with Gasteiger partial charge in [-0.15, -0.1) is 0 Å². The highest BCUT2D eigenvalue weighted by Gasteiger charge is 2.46. The van der Waals surface area contributed by atoms with Crippen LogP contribution in [0.2, 0.25) is 10.0 Å². The Morgan fingerprint density at radius 2 is 0.596 bits per heavy atom. The summed E-state index contributed by atoms with van der Waals surface area (Å²) >= 11 is 15.0. The number of benzene rings is 13. The molecule has 17 rings (SSSR count). The Hall–Kier alpha value is -10.3. The van der Waals surface area contributed by atoms with Crippen molar-refractivity contribution >= 4 is 124 Å². The maximum Gasteiger partial charge on any atom is 0.252 e. The third-order valence-electron chi connectivity index (χ3n) is 18.5. The number of nitrogens with zero attached hydrogens (tertiary/aromatic N) is 4. The largest absolute Gasteiger partial charge is 0.310 e. The van der Waals surface area contributed by atoms with E-state index in [0.29, 0.717) is 10.0 Å². The van der Waals surface area contributed by atoms with Crippen LogP contribution in [0.3, 0.4) is 0 Å². The van der Waals surface area contributed by atoms with Crippen LogP contribution in [-0.2, 0) is 5.41 Å². The van der Waals surface area contributed by atoms with Crippen molar-refractivity contribution in [3.8, 4) is 55.9 Å². The summed E-state index contributed by atoms with van der Waals surface area (Å²) < 4.78 is 4.91. The summed E-state index contributed by atoms with van der Waals surface area (Å²) in [6.45, 7) is 6.80. The van der Waals surface area contributed by atoms with Gasteiger partial charge in [0.15, 0.2) is 0 Å². The van der Waals surface area contributed by atoms with Crippen LogP contribution >= 0.6 is 23.2 Å². The summed E-state index contributed by atoms with van der Waals surface area (Å²) in [4.78, 5) is 5.23. The monoisotopic (exact) mass is 1180 g/mol. The third kappa shape index (κ3) is 8.44. The average Bonchev–Trinajstić information content (AvgIpc) is 1.19. The molecule has 0 N–H and O–H groups in total. The summed E-state index contributed by atoms with van der Waals surface area (Å²) in [5, 5.41) is 6.18. The van der Waals surface area contributed by atoms with Gasteiger partial charge in [0.25, 0.3) is 6.71 Å². The highest BCUT2D eigenvalue weighted by atomic mass is 35.5. The van der Waals surface area contributed by atoms with Crippen LogP contribution in [0.1, 0.15) is 26.3 Å².